The summed E-state index contributed by atoms with van der Waals surface area (Å²) in [6.45, 7) is 0. The van der Waals surface area contributed by atoms with E-state index in [-0.39, 0.29) is 11.3 Å². The van der Waals surface area contributed by atoms with Gasteiger partial charge >= 0.3 is 0 Å². The minimum atomic E-state index is -1.81. The molecule has 0 spiro atoms. The van der Waals surface area contributed by atoms with E-state index < -0.39 is 22.4 Å². The van der Waals surface area contributed by atoms with Crippen LogP contribution in [-0.4, -0.2) is 11.7 Å². The van der Waals surface area contributed by atoms with Gasteiger partial charge in [-0.15, -0.1) is 0 Å². The molecule has 100 valence electrons. The predicted molar refractivity (Wildman–Crippen MR) is 73.3 cm³/mol. The smallest absolute Gasteiger partial charge is 0.258 e. The Hall–Kier alpha value is -2.20. The Morgan fingerprint density at radius 1 is 1.05 bits per heavy atom. The number of anilines is 1. The maximum Gasteiger partial charge on any atom is 0.258 e. The van der Waals surface area contributed by atoms with Crippen molar-refractivity contribution in [2.75, 3.05) is 5.32 Å². The molecule has 1 unspecified atom stereocenters. The summed E-state index contributed by atoms with van der Waals surface area (Å²) in [5.41, 5.74) is 0.733. The Bertz CT molecular complexity index is 717. The van der Waals surface area contributed by atoms with Crippen LogP contribution in [0.1, 0.15) is 15.9 Å². The molecule has 20 heavy (non-hydrogen) atoms. The number of rotatable bonds is 1. The standard InChI is InChI=1S/C15H9ClFNO2/c16-15(9-4-2-1-3-5-9)13(19)11-7-6-10(17)8-12(11)18-14(15)20/h1-8H,(H,18,20). The van der Waals surface area contributed by atoms with Gasteiger partial charge in [0.1, 0.15) is 5.82 Å². The Morgan fingerprint density at radius 2 is 1.75 bits per heavy atom. The topological polar surface area (TPSA) is 46.2 Å². The van der Waals surface area contributed by atoms with E-state index in [1.807, 2.05) is 0 Å². The molecule has 1 N–H and O–H groups in total. The van der Waals surface area contributed by atoms with Crippen LogP contribution in [0.3, 0.4) is 0 Å². The SMILES string of the molecule is O=C1Nc2cc(F)ccc2C(=O)C1(Cl)c1ccccc1. The van der Waals surface area contributed by atoms with Crippen LogP contribution in [0.4, 0.5) is 10.1 Å². The van der Waals surface area contributed by atoms with Gasteiger partial charge in [-0.3, -0.25) is 9.59 Å². The number of nitrogens with one attached hydrogen (secondary N) is 1. The van der Waals surface area contributed by atoms with Crippen molar-refractivity contribution >= 4 is 29.0 Å². The number of halogens is 2. The minimum Gasteiger partial charge on any atom is -0.323 e. The van der Waals surface area contributed by atoms with Crippen molar-refractivity contribution in [3.8, 4) is 0 Å². The molecule has 1 aliphatic heterocycles. The van der Waals surface area contributed by atoms with E-state index in [4.69, 9.17) is 11.6 Å². The van der Waals surface area contributed by atoms with E-state index in [2.05, 4.69) is 5.32 Å². The van der Waals surface area contributed by atoms with Crippen LogP contribution in [0.5, 0.6) is 0 Å². The van der Waals surface area contributed by atoms with Gasteiger partial charge in [-0.25, -0.2) is 4.39 Å². The maximum atomic E-state index is 13.2. The summed E-state index contributed by atoms with van der Waals surface area (Å²) in [6.07, 6.45) is 0. The molecule has 0 aromatic heterocycles. The molecule has 3 nitrogen and oxygen atoms in total. The van der Waals surface area contributed by atoms with Crippen LogP contribution in [-0.2, 0) is 9.67 Å². The summed E-state index contributed by atoms with van der Waals surface area (Å²) in [5, 5.41) is 2.49. The number of amides is 1. The lowest BCUT2D eigenvalue weighted by Gasteiger charge is -2.30. The third-order valence-corrected chi connectivity index (χ3v) is 3.83. The first-order valence-corrected chi connectivity index (χ1v) is 6.31. The lowest BCUT2D eigenvalue weighted by molar-refractivity contribution is -0.117. The number of hydrogen-bond donors (Lipinski definition) is 1. The van der Waals surface area contributed by atoms with Gasteiger partial charge in [0.05, 0.1) is 5.69 Å². The molecule has 0 bridgehead atoms. The van der Waals surface area contributed by atoms with Crippen LogP contribution in [0.25, 0.3) is 0 Å². The second kappa shape index (κ2) is 4.42. The maximum absolute atomic E-state index is 13.2. The second-order valence-corrected chi connectivity index (χ2v) is 5.06. The van der Waals surface area contributed by atoms with Gasteiger partial charge in [-0.1, -0.05) is 41.9 Å². The molecule has 0 saturated heterocycles. The van der Waals surface area contributed by atoms with E-state index in [9.17, 15) is 14.0 Å². The van der Waals surface area contributed by atoms with Crippen molar-refractivity contribution in [1.82, 2.24) is 0 Å². The van der Waals surface area contributed by atoms with Crippen molar-refractivity contribution < 1.29 is 14.0 Å². The van der Waals surface area contributed by atoms with Crippen LogP contribution in [0.15, 0.2) is 48.5 Å². The van der Waals surface area contributed by atoms with Crippen molar-refractivity contribution in [3.05, 3.63) is 65.5 Å². The number of Topliss-reactive ketones (excluding diaryl/α,β-unsaturated/α-hetero) is 1. The molecule has 2 aromatic rings. The Kier molecular flexibility index (Phi) is 2.83. The Morgan fingerprint density at radius 3 is 2.45 bits per heavy atom. The first-order valence-electron chi connectivity index (χ1n) is 5.93. The lowest BCUT2D eigenvalue weighted by atomic mass is 9.85. The molecule has 0 fully saturated rings. The van der Waals surface area contributed by atoms with E-state index in [0.717, 1.165) is 12.1 Å². The summed E-state index contributed by atoms with van der Waals surface area (Å²) >= 11 is 6.31. The molecule has 1 aliphatic rings. The number of hydrogen-bond acceptors (Lipinski definition) is 2. The molecular formula is C15H9ClFNO2. The highest BCUT2D eigenvalue weighted by molar-refractivity contribution is 6.51. The quantitative estimate of drug-likeness (QED) is 0.648. The molecule has 2 aromatic carbocycles. The molecule has 0 radical (unpaired) electrons. The summed E-state index contributed by atoms with van der Waals surface area (Å²) < 4.78 is 13.2. The van der Waals surface area contributed by atoms with Crippen LogP contribution in [0, 0.1) is 5.82 Å². The summed E-state index contributed by atoms with van der Waals surface area (Å²) in [4.78, 5) is 22.9. The van der Waals surface area contributed by atoms with Crippen LogP contribution < -0.4 is 5.32 Å². The number of ketones is 1. The van der Waals surface area contributed by atoms with Crippen molar-refractivity contribution in [2.24, 2.45) is 0 Å². The monoisotopic (exact) mass is 289 g/mol. The van der Waals surface area contributed by atoms with Crippen molar-refractivity contribution in [3.63, 3.8) is 0 Å². The molecule has 1 atom stereocenters. The molecule has 1 heterocycles. The van der Waals surface area contributed by atoms with E-state index in [0.29, 0.717) is 5.56 Å². The van der Waals surface area contributed by atoms with Crippen molar-refractivity contribution in [2.45, 2.75) is 4.87 Å². The Balaban J connectivity index is 2.18. The van der Waals surface area contributed by atoms with Gasteiger partial charge in [-0.05, 0) is 23.8 Å². The molecular weight excluding hydrogens is 281 g/mol. The third-order valence-electron chi connectivity index (χ3n) is 3.27. The van der Waals surface area contributed by atoms with Gasteiger partial charge in [-0.2, -0.15) is 0 Å². The average Bonchev–Trinajstić information content (AvgIpc) is 2.45. The van der Waals surface area contributed by atoms with Gasteiger partial charge < -0.3 is 5.32 Å². The zero-order chi connectivity index (χ0) is 14.3. The zero-order valence-corrected chi connectivity index (χ0v) is 10.9. The van der Waals surface area contributed by atoms with Gasteiger partial charge in [0.25, 0.3) is 5.91 Å². The van der Waals surface area contributed by atoms with Crippen LogP contribution in [0.2, 0.25) is 0 Å². The fourth-order valence-corrected chi connectivity index (χ4v) is 2.52. The zero-order valence-electron chi connectivity index (χ0n) is 10.2. The lowest BCUT2D eigenvalue weighted by Crippen LogP contribution is -2.46. The number of carbonyl (C=O) groups is 2. The van der Waals surface area contributed by atoms with Crippen molar-refractivity contribution in [1.29, 1.82) is 0 Å². The summed E-state index contributed by atoms with van der Waals surface area (Å²) in [5.74, 6) is -1.75. The molecule has 0 saturated carbocycles. The summed E-state index contributed by atoms with van der Waals surface area (Å²) in [7, 11) is 0. The minimum absolute atomic E-state index is 0.146. The average molecular weight is 290 g/mol. The third kappa shape index (κ3) is 1.72. The highest BCUT2D eigenvalue weighted by Gasteiger charge is 2.49. The van der Waals surface area contributed by atoms with Gasteiger partial charge in [0.15, 0.2) is 5.78 Å². The first kappa shape index (κ1) is 12.8. The number of benzene rings is 2. The highest BCUT2D eigenvalue weighted by Crippen LogP contribution is 2.40. The molecule has 3 rings (SSSR count). The normalized spacial score (nSPS) is 21.3. The van der Waals surface area contributed by atoms with Gasteiger partial charge in [0.2, 0.25) is 4.87 Å². The van der Waals surface area contributed by atoms with Crippen LogP contribution >= 0.6 is 11.6 Å². The van der Waals surface area contributed by atoms with Gasteiger partial charge in [0, 0.05) is 5.56 Å². The molecule has 5 heteroatoms. The number of alkyl halides is 1. The first-order chi connectivity index (χ1) is 9.53. The summed E-state index contributed by atoms with van der Waals surface area (Å²) in [6, 6.07) is 12.0. The highest BCUT2D eigenvalue weighted by atomic mass is 35.5. The number of carbonyl (C=O) groups excluding carboxylic acids is 2. The second-order valence-electron chi connectivity index (χ2n) is 4.50. The fraction of sp³-hybridized carbons (Fsp3) is 0.0667. The Labute approximate surface area is 119 Å². The molecule has 0 aliphatic carbocycles. The van der Waals surface area contributed by atoms with E-state index in [1.54, 1.807) is 30.3 Å². The number of fused-ring (bicyclic) bond motifs is 1. The predicted octanol–water partition coefficient (Wildman–Crippen LogP) is 3.09. The van der Waals surface area contributed by atoms with E-state index in [1.165, 1.54) is 6.07 Å². The van der Waals surface area contributed by atoms with E-state index >= 15 is 0 Å². The largest absolute Gasteiger partial charge is 0.323 e. The molecule has 1 amide bonds. The fourth-order valence-electron chi connectivity index (χ4n) is 2.25.